The largest absolute Gasteiger partial charge is 0.480 e. The molecule has 2 aromatic rings. The van der Waals surface area contributed by atoms with Gasteiger partial charge < -0.3 is 10.0 Å². The second-order valence-corrected chi connectivity index (χ2v) is 5.52. The lowest BCUT2D eigenvalue weighted by molar-refractivity contribution is -0.135. The highest BCUT2D eigenvalue weighted by molar-refractivity contribution is 5.73. The van der Waals surface area contributed by atoms with Gasteiger partial charge in [-0.1, -0.05) is 41.5 Å². The van der Waals surface area contributed by atoms with Crippen LogP contribution in [-0.2, 0) is 11.3 Å². The van der Waals surface area contributed by atoms with E-state index in [4.69, 9.17) is 5.11 Å². The van der Waals surface area contributed by atoms with E-state index < -0.39 is 5.97 Å². The van der Waals surface area contributed by atoms with Gasteiger partial charge in [-0.2, -0.15) is 0 Å². The average Bonchev–Trinajstić information content (AvgIpc) is 2.41. The topological polar surface area (TPSA) is 40.5 Å². The number of aryl methyl sites for hydroxylation is 3. The van der Waals surface area contributed by atoms with E-state index in [1.807, 2.05) is 36.1 Å². The van der Waals surface area contributed by atoms with Crippen LogP contribution in [0.15, 0.2) is 42.5 Å². The molecule has 0 radical (unpaired) electrons. The Hall–Kier alpha value is -2.29. The zero-order valence-corrected chi connectivity index (χ0v) is 12.8. The summed E-state index contributed by atoms with van der Waals surface area (Å²) < 4.78 is 0. The van der Waals surface area contributed by atoms with Crippen molar-refractivity contribution in [2.45, 2.75) is 27.3 Å². The molecule has 1 N–H and O–H groups in total. The Balaban J connectivity index is 2.27. The SMILES string of the molecule is Cc1ccc(N(CC(=O)O)Cc2ccc(C)cc2C)cc1. The molecule has 2 rings (SSSR count). The van der Waals surface area contributed by atoms with Crippen molar-refractivity contribution in [3.63, 3.8) is 0 Å². The van der Waals surface area contributed by atoms with E-state index in [1.165, 1.54) is 16.7 Å². The lowest BCUT2D eigenvalue weighted by Gasteiger charge is -2.24. The summed E-state index contributed by atoms with van der Waals surface area (Å²) in [6.07, 6.45) is 0. The molecule has 0 aliphatic carbocycles. The Morgan fingerprint density at radius 2 is 1.62 bits per heavy atom. The maximum atomic E-state index is 11.1. The van der Waals surface area contributed by atoms with E-state index in [0.29, 0.717) is 6.54 Å². The number of rotatable bonds is 5. The van der Waals surface area contributed by atoms with E-state index in [1.54, 1.807) is 0 Å². The van der Waals surface area contributed by atoms with Crippen LogP contribution in [0.2, 0.25) is 0 Å². The second-order valence-electron chi connectivity index (χ2n) is 5.52. The van der Waals surface area contributed by atoms with Crippen LogP contribution in [0.3, 0.4) is 0 Å². The molecule has 0 amide bonds. The zero-order valence-electron chi connectivity index (χ0n) is 12.8. The summed E-state index contributed by atoms with van der Waals surface area (Å²) in [5.41, 5.74) is 5.67. The Bertz CT molecular complexity index is 632. The quantitative estimate of drug-likeness (QED) is 0.909. The average molecular weight is 283 g/mol. The molecule has 2 aromatic carbocycles. The molecule has 21 heavy (non-hydrogen) atoms. The molecule has 0 heterocycles. The van der Waals surface area contributed by atoms with Gasteiger partial charge in [0.25, 0.3) is 0 Å². The molecule has 3 heteroatoms. The third-order valence-electron chi connectivity index (χ3n) is 3.58. The summed E-state index contributed by atoms with van der Waals surface area (Å²) in [6, 6.07) is 14.2. The minimum atomic E-state index is -0.819. The number of nitrogens with zero attached hydrogens (tertiary/aromatic N) is 1. The number of benzene rings is 2. The predicted octanol–water partition coefficient (Wildman–Crippen LogP) is 3.70. The Morgan fingerprint density at radius 3 is 2.19 bits per heavy atom. The van der Waals surface area contributed by atoms with Crippen molar-refractivity contribution in [3.8, 4) is 0 Å². The first-order valence-electron chi connectivity index (χ1n) is 7.05. The maximum Gasteiger partial charge on any atom is 0.323 e. The molecule has 0 spiro atoms. The van der Waals surface area contributed by atoms with Crippen LogP contribution in [0, 0.1) is 20.8 Å². The van der Waals surface area contributed by atoms with E-state index in [-0.39, 0.29) is 6.54 Å². The van der Waals surface area contributed by atoms with Crippen molar-refractivity contribution in [1.29, 1.82) is 0 Å². The van der Waals surface area contributed by atoms with Gasteiger partial charge in [-0.15, -0.1) is 0 Å². The number of hydrogen-bond acceptors (Lipinski definition) is 2. The zero-order chi connectivity index (χ0) is 15.4. The lowest BCUT2D eigenvalue weighted by atomic mass is 10.0. The molecule has 0 saturated carbocycles. The molecule has 0 saturated heterocycles. The van der Waals surface area contributed by atoms with Crippen LogP contribution in [-0.4, -0.2) is 17.6 Å². The molecule has 0 aromatic heterocycles. The summed E-state index contributed by atoms with van der Waals surface area (Å²) in [7, 11) is 0. The van der Waals surface area contributed by atoms with Gasteiger partial charge in [0.1, 0.15) is 6.54 Å². The van der Waals surface area contributed by atoms with Gasteiger partial charge in [0.15, 0.2) is 0 Å². The van der Waals surface area contributed by atoms with Crippen LogP contribution in [0.1, 0.15) is 22.3 Å². The van der Waals surface area contributed by atoms with Crippen LogP contribution >= 0.6 is 0 Å². The molecular weight excluding hydrogens is 262 g/mol. The van der Waals surface area contributed by atoms with Crippen molar-refractivity contribution < 1.29 is 9.90 Å². The van der Waals surface area contributed by atoms with Crippen LogP contribution in [0.5, 0.6) is 0 Å². The maximum absolute atomic E-state index is 11.1. The van der Waals surface area contributed by atoms with Gasteiger partial charge in [0.05, 0.1) is 0 Å². The number of aliphatic carboxylic acids is 1. The van der Waals surface area contributed by atoms with E-state index in [9.17, 15) is 4.79 Å². The highest BCUT2D eigenvalue weighted by Gasteiger charge is 2.12. The first-order chi connectivity index (χ1) is 9.95. The van der Waals surface area contributed by atoms with Crippen molar-refractivity contribution in [2.24, 2.45) is 0 Å². The third-order valence-corrected chi connectivity index (χ3v) is 3.58. The third kappa shape index (κ3) is 4.09. The smallest absolute Gasteiger partial charge is 0.323 e. The fourth-order valence-electron chi connectivity index (χ4n) is 2.39. The number of anilines is 1. The molecule has 0 unspecified atom stereocenters. The fraction of sp³-hybridized carbons (Fsp3) is 0.278. The lowest BCUT2D eigenvalue weighted by Crippen LogP contribution is -2.29. The Labute approximate surface area is 125 Å². The van der Waals surface area contributed by atoms with E-state index >= 15 is 0 Å². The molecule has 0 aliphatic heterocycles. The van der Waals surface area contributed by atoms with Gasteiger partial charge in [-0.05, 0) is 44.0 Å². The molecule has 0 atom stereocenters. The van der Waals surface area contributed by atoms with E-state index in [0.717, 1.165) is 11.3 Å². The van der Waals surface area contributed by atoms with Crippen LogP contribution < -0.4 is 4.90 Å². The predicted molar refractivity (Wildman–Crippen MR) is 85.8 cm³/mol. The summed E-state index contributed by atoms with van der Waals surface area (Å²) in [6.45, 7) is 6.75. The van der Waals surface area contributed by atoms with Gasteiger partial charge in [0, 0.05) is 12.2 Å². The first kappa shape index (κ1) is 15.1. The van der Waals surface area contributed by atoms with Crippen molar-refractivity contribution >= 4 is 11.7 Å². The monoisotopic (exact) mass is 283 g/mol. The summed E-state index contributed by atoms with van der Waals surface area (Å²) in [5.74, 6) is -0.819. The van der Waals surface area contributed by atoms with Crippen molar-refractivity contribution in [2.75, 3.05) is 11.4 Å². The highest BCUT2D eigenvalue weighted by Crippen LogP contribution is 2.20. The molecular formula is C18H21NO2. The minimum absolute atomic E-state index is 0.00359. The van der Waals surface area contributed by atoms with Crippen LogP contribution in [0.25, 0.3) is 0 Å². The molecule has 3 nitrogen and oxygen atoms in total. The van der Waals surface area contributed by atoms with Gasteiger partial charge in [0.2, 0.25) is 0 Å². The number of carboxylic acids is 1. The van der Waals surface area contributed by atoms with Crippen molar-refractivity contribution in [1.82, 2.24) is 0 Å². The first-order valence-corrected chi connectivity index (χ1v) is 7.05. The number of carbonyl (C=O) groups is 1. The Morgan fingerprint density at radius 1 is 1.00 bits per heavy atom. The molecule has 0 fully saturated rings. The van der Waals surface area contributed by atoms with Crippen LogP contribution in [0.4, 0.5) is 5.69 Å². The fourth-order valence-corrected chi connectivity index (χ4v) is 2.39. The van der Waals surface area contributed by atoms with E-state index in [2.05, 4.69) is 32.0 Å². The minimum Gasteiger partial charge on any atom is -0.480 e. The number of hydrogen-bond donors (Lipinski definition) is 1. The van der Waals surface area contributed by atoms with Gasteiger partial charge >= 0.3 is 5.97 Å². The second kappa shape index (κ2) is 6.44. The highest BCUT2D eigenvalue weighted by atomic mass is 16.4. The normalized spacial score (nSPS) is 10.4. The number of carboxylic acid groups (broad SMARTS) is 1. The summed E-state index contributed by atoms with van der Waals surface area (Å²) in [4.78, 5) is 13.0. The standard InChI is InChI=1S/C18H21NO2/c1-13-5-8-17(9-6-13)19(12-18(20)21)11-16-7-4-14(2)10-15(16)3/h4-10H,11-12H2,1-3H3,(H,20,21). The molecule has 0 aliphatic rings. The summed E-state index contributed by atoms with van der Waals surface area (Å²) >= 11 is 0. The molecule has 110 valence electrons. The van der Waals surface area contributed by atoms with Gasteiger partial charge in [-0.3, -0.25) is 4.79 Å². The van der Waals surface area contributed by atoms with Crippen molar-refractivity contribution in [3.05, 3.63) is 64.7 Å². The Kier molecular flexibility index (Phi) is 4.63. The summed E-state index contributed by atoms with van der Waals surface area (Å²) in [5, 5.41) is 9.15. The molecule has 0 bridgehead atoms. The van der Waals surface area contributed by atoms with Gasteiger partial charge in [-0.25, -0.2) is 0 Å².